The lowest BCUT2D eigenvalue weighted by Crippen LogP contribution is -2.36. The number of nitrogens with two attached hydrogens (primary N) is 1. The number of rotatable bonds is 6. The second-order valence-corrected chi connectivity index (χ2v) is 5.08. The summed E-state index contributed by atoms with van der Waals surface area (Å²) in [5, 5.41) is 3.38. The first-order valence-corrected chi connectivity index (χ1v) is 7.07. The maximum atomic E-state index is 11.3. The van der Waals surface area contributed by atoms with Crippen molar-refractivity contribution in [3.63, 3.8) is 0 Å². The summed E-state index contributed by atoms with van der Waals surface area (Å²) in [6.45, 7) is 5.28. The number of carbonyl (C=O) groups excluding carboxylic acids is 1. The van der Waals surface area contributed by atoms with Crippen LogP contribution in [0.1, 0.15) is 30.9 Å². The van der Waals surface area contributed by atoms with Crippen LogP contribution in [0.15, 0.2) is 18.2 Å². The zero-order chi connectivity index (χ0) is 13.7. The summed E-state index contributed by atoms with van der Waals surface area (Å²) < 4.78 is 0. The van der Waals surface area contributed by atoms with E-state index in [0.29, 0.717) is 6.54 Å². The van der Waals surface area contributed by atoms with Crippen LogP contribution < -0.4 is 16.0 Å². The second-order valence-electron chi connectivity index (χ2n) is 5.08. The number of benzene rings is 1. The van der Waals surface area contributed by atoms with Crippen LogP contribution in [0.25, 0.3) is 0 Å². The Kier molecular flexibility index (Phi) is 4.80. The Morgan fingerprint density at radius 2 is 2.32 bits per heavy atom. The second kappa shape index (κ2) is 6.57. The van der Waals surface area contributed by atoms with Crippen molar-refractivity contribution in [2.45, 2.75) is 32.7 Å². The molecule has 0 saturated carbocycles. The van der Waals surface area contributed by atoms with Crippen molar-refractivity contribution in [2.75, 3.05) is 24.5 Å². The molecule has 0 saturated heterocycles. The molecule has 0 aliphatic carbocycles. The van der Waals surface area contributed by atoms with Gasteiger partial charge in [0.25, 0.3) is 0 Å². The highest BCUT2D eigenvalue weighted by atomic mass is 16.1. The summed E-state index contributed by atoms with van der Waals surface area (Å²) >= 11 is 0. The van der Waals surface area contributed by atoms with Gasteiger partial charge in [0.1, 0.15) is 0 Å². The Bertz CT molecular complexity index is 445. The van der Waals surface area contributed by atoms with Gasteiger partial charge in [-0.1, -0.05) is 25.5 Å². The summed E-state index contributed by atoms with van der Waals surface area (Å²) in [5.41, 5.74) is 9.29. The van der Waals surface area contributed by atoms with Gasteiger partial charge >= 0.3 is 0 Å². The molecule has 2 rings (SSSR count). The molecule has 1 aromatic carbocycles. The van der Waals surface area contributed by atoms with Gasteiger partial charge < -0.3 is 16.0 Å². The molecule has 1 aliphatic heterocycles. The summed E-state index contributed by atoms with van der Waals surface area (Å²) in [6.07, 6.45) is 3.22. The van der Waals surface area contributed by atoms with Crippen LogP contribution in [-0.4, -0.2) is 25.5 Å². The Balaban J connectivity index is 2.26. The third-order valence-corrected chi connectivity index (χ3v) is 3.58. The molecule has 0 bridgehead atoms. The molecule has 4 nitrogen and oxygen atoms in total. The number of amides is 1. The van der Waals surface area contributed by atoms with E-state index in [2.05, 4.69) is 35.3 Å². The molecule has 1 heterocycles. The Morgan fingerprint density at radius 1 is 1.47 bits per heavy atom. The number of unbranched alkanes of at least 4 members (excludes halogenated alkanes) is 1. The highest BCUT2D eigenvalue weighted by molar-refractivity contribution is 5.80. The largest absolute Gasteiger partial charge is 0.368 e. The van der Waals surface area contributed by atoms with Gasteiger partial charge in [-0.05, 0) is 36.6 Å². The molecule has 19 heavy (non-hydrogen) atoms. The van der Waals surface area contributed by atoms with E-state index < -0.39 is 0 Å². The van der Waals surface area contributed by atoms with Gasteiger partial charge in [-0.2, -0.15) is 0 Å². The molecular weight excluding hydrogens is 238 g/mol. The fraction of sp³-hybridized carbons (Fsp3) is 0.533. The zero-order valence-electron chi connectivity index (χ0n) is 11.6. The van der Waals surface area contributed by atoms with Crippen molar-refractivity contribution >= 4 is 11.6 Å². The number of carbonyl (C=O) groups is 1. The average Bonchev–Trinajstić information content (AvgIpc) is 2.42. The van der Waals surface area contributed by atoms with E-state index in [1.54, 1.807) is 0 Å². The van der Waals surface area contributed by atoms with Crippen molar-refractivity contribution in [1.29, 1.82) is 0 Å². The number of fused-ring (bicyclic) bond motifs is 1. The third kappa shape index (κ3) is 3.47. The van der Waals surface area contributed by atoms with E-state index in [9.17, 15) is 4.79 Å². The number of nitrogens with zero attached hydrogens (tertiary/aromatic N) is 1. The molecule has 3 N–H and O–H groups in total. The molecule has 1 aromatic rings. The van der Waals surface area contributed by atoms with Crippen molar-refractivity contribution in [1.82, 2.24) is 5.32 Å². The van der Waals surface area contributed by atoms with Crippen LogP contribution in [-0.2, 0) is 17.8 Å². The van der Waals surface area contributed by atoms with Crippen LogP contribution in [0.5, 0.6) is 0 Å². The average molecular weight is 261 g/mol. The van der Waals surface area contributed by atoms with Crippen LogP contribution >= 0.6 is 0 Å². The van der Waals surface area contributed by atoms with Crippen LogP contribution in [0.4, 0.5) is 5.69 Å². The number of primary amides is 1. The Hall–Kier alpha value is -1.55. The molecule has 0 unspecified atom stereocenters. The minimum absolute atomic E-state index is 0.261. The molecule has 1 amide bonds. The summed E-state index contributed by atoms with van der Waals surface area (Å²) in [4.78, 5) is 13.4. The highest BCUT2D eigenvalue weighted by Crippen LogP contribution is 2.26. The maximum absolute atomic E-state index is 11.3. The van der Waals surface area contributed by atoms with Crippen LogP contribution in [0.2, 0.25) is 0 Å². The molecule has 104 valence electrons. The Labute approximate surface area is 115 Å². The van der Waals surface area contributed by atoms with Crippen LogP contribution in [0.3, 0.4) is 0 Å². The van der Waals surface area contributed by atoms with E-state index in [1.165, 1.54) is 16.8 Å². The SMILES string of the molecule is CCCCN(CC(N)=O)c1cccc2c1CCNC2. The molecule has 0 aromatic heterocycles. The predicted octanol–water partition coefficient (Wildman–Crippen LogP) is 1.42. The minimum Gasteiger partial charge on any atom is -0.368 e. The summed E-state index contributed by atoms with van der Waals surface area (Å²) in [5.74, 6) is -0.261. The van der Waals surface area contributed by atoms with Crippen molar-refractivity contribution in [3.05, 3.63) is 29.3 Å². The lowest BCUT2D eigenvalue weighted by molar-refractivity contribution is -0.116. The first-order valence-electron chi connectivity index (χ1n) is 7.07. The van der Waals surface area contributed by atoms with Crippen molar-refractivity contribution in [3.8, 4) is 0 Å². The van der Waals surface area contributed by atoms with E-state index >= 15 is 0 Å². The lowest BCUT2D eigenvalue weighted by Gasteiger charge is -2.29. The normalized spacial score (nSPS) is 13.9. The van der Waals surface area contributed by atoms with E-state index in [0.717, 1.165) is 38.9 Å². The fourth-order valence-corrected chi connectivity index (χ4v) is 2.63. The molecule has 1 aliphatic rings. The third-order valence-electron chi connectivity index (χ3n) is 3.58. The van der Waals surface area contributed by atoms with Gasteiger partial charge in [0.15, 0.2) is 0 Å². The van der Waals surface area contributed by atoms with Crippen molar-refractivity contribution in [2.24, 2.45) is 5.73 Å². The van der Waals surface area contributed by atoms with Gasteiger partial charge in [-0.15, -0.1) is 0 Å². The maximum Gasteiger partial charge on any atom is 0.236 e. The summed E-state index contributed by atoms with van der Waals surface area (Å²) in [7, 11) is 0. The minimum atomic E-state index is -0.261. The molecule has 4 heteroatoms. The Morgan fingerprint density at radius 3 is 3.05 bits per heavy atom. The molecule has 0 atom stereocenters. The fourth-order valence-electron chi connectivity index (χ4n) is 2.63. The van der Waals surface area contributed by atoms with Gasteiger partial charge in [0.2, 0.25) is 5.91 Å². The predicted molar refractivity (Wildman–Crippen MR) is 78.2 cm³/mol. The first-order chi connectivity index (χ1) is 9.22. The summed E-state index contributed by atoms with van der Waals surface area (Å²) in [6, 6.07) is 6.34. The van der Waals surface area contributed by atoms with Crippen LogP contribution in [0, 0.1) is 0 Å². The smallest absolute Gasteiger partial charge is 0.236 e. The van der Waals surface area contributed by atoms with Gasteiger partial charge in [0.05, 0.1) is 6.54 Å². The van der Waals surface area contributed by atoms with E-state index in [1.807, 2.05) is 0 Å². The number of hydrogen-bond acceptors (Lipinski definition) is 3. The number of hydrogen-bond donors (Lipinski definition) is 2. The quantitative estimate of drug-likeness (QED) is 0.814. The molecule has 0 spiro atoms. The van der Waals surface area contributed by atoms with Gasteiger partial charge in [-0.25, -0.2) is 0 Å². The zero-order valence-corrected chi connectivity index (χ0v) is 11.6. The topological polar surface area (TPSA) is 58.4 Å². The number of anilines is 1. The van der Waals surface area contributed by atoms with Crippen molar-refractivity contribution < 1.29 is 4.79 Å². The van der Waals surface area contributed by atoms with Gasteiger partial charge in [0, 0.05) is 18.8 Å². The molecule has 0 fully saturated rings. The monoisotopic (exact) mass is 261 g/mol. The standard InChI is InChI=1S/C15H23N3O/c1-2-3-9-18(11-15(16)19)14-6-4-5-12-10-17-8-7-13(12)14/h4-6,17H,2-3,7-11H2,1H3,(H2,16,19). The first kappa shape index (κ1) is 13.9. The van der Waals surface area contributed by atoms with E-state index in [-0.39, 0.29) is 5.91 Å². The molecule has 0 radical (unpaired) electrons. The lowest BCUT2D eigenvalue weighted by atomic mass is 9.98. The number of nitrogens with one attached hydrogen (secondary N) is 1. The molecular formula is C15H23N3O. The van der Waals surface area contributed by atoms with E-state index in [4.69, 9.17) is 5.73 Å². The highest BCUT2D eigenvalue weighted by Gasteiger charge is 2.17. The van der Waals surface area contributed by atoms with Gasteiger partial charge in [-0.3, -0.25) is 4.79 Å².